The Bertz CT molecular complexity index is 734. The summed E-state index contributed by atoms with van der Waals surface area (Å²) in [6, 6.07) is 5.89. The minimum atomic E-state index is 0.0927. The van der Waals surface area contributed by atoms with Gasteiger partial charge >= 0.3 is 0 Å². The fourth-order valence-electron chi connectivity index (χ4n) is 3.69. The number of morpholine rings is 1. The number of carbonyl (C=O) groups excluding carboxylic acids is 1. The molecule has 2 fully saturated rings. The number of amides is 1. The van der Waals surface area contributed by atoms with E-state index in [0.29, 0.717) is 6.54 Å². The molecule has 2 saturated heterocycles. The maximum Gasteiger partial charge on any atom is 0.231 e. The fraction of sp³-hybridized carbons (Fsp3) is 0.611. The summed E-state index contributed by atoms with van der Waals surface area (Å²) in [5.41, 5.74) is 0.852. The van der Waals surface area contributed by atoms with Crippen LogP contribution >= 0.6 is 0 Å². The van der Waals surface area contributed by atoms with Crippen LogP contribution in [0.3, 0.4) is 0 Å². The number of carbonyl (C=O) groups is 1. The van der Waals surface area contributed by atoms with Gasteiger partial charge in [-0.1, -0.05) is 6.07 Å². The van der Waals surface area contributed by atoms with Gasteiger partial charge in [0.1, 0.15) is 0 Å². The molecule has 26 heavy (non-hydrogen) atoms. The Labute approximate surface area is 153 Å². The van der Waals surface area contributed by atoms with Crippen LogP contribution in [0.2, 0.25) is 0 Å². The first kappa shape index (κ1) is 17.2. The zero-order chi connectivity index (χ0) is 17.8. The van der Waals surface area contributed by atoms with Gasteiger partial charge in [-0.05, 0) is 25.0 Å². The Hall–Kier alpha value is -2.19. The van der Waals surface area contributed by atoms with E-state index < -0.39 is 0 Å². The lowest BCUT2D eigenvalue weighted by atomic mass is 9.96. The van der Waals surface area contributed by atoms with Gasteiger partial charge in [0.15, 0.2) is 5.65 Å². The molecule has 0 atom stereocenters. The molecule has 4 rings (SSSR count). The first-order valence-corrected chi connectivity index (χ1v) is 9.44. The van der Waals surface area contributed by atoms with Gasteiger partial charge in [-0.3, -0.25) is 14.1 Å². The standard InChI is InChI=1S/C18H26N6O2/c25-17(19-6-10-22-11-13-26-14-12-22)15-4-8-23(9-5-15)18-21-20-16-3-1-2-7-24(16)18/h1-3,7,15H,4-6,8-14H2,(H,19,25). The molecule has 0 bridgehead atoms. The van der Waals surface area contributed by atoms with Crippen LogP contribution in [0.4, 0.5) is 5.95 Å². The lowest BCUT2D eigenvalue weighted by Gasteiger charge is -2.31. The monoisotopic (exact) mass is 358 g/mol. The summed E-state index contributed by atoms with van der Waals surface area (Å²) in [5, 5.41) is 11.6. The summed E-state index contributed by atoms with van der Waals surface area (Å²) >= 11 is 0. The van der Waals surface area contributed by atoms with Crippen molar-refractivity contribution in [2.75, 3.05) is 57.4 Å². The number of anilines is 1. The van der Waals surface area contributed by atoms with E-state index in [1.54, 1.807) is 0 Å². The molecule has 2 aromatic rings. The lowest BCUT2D eigenvalue weighted by Crippen LogP contribution is -2.44. The molecule has 2 aromatic heterocycles. The Morgan fingerprint density at radius 2 is 1.96 bits per heavy atom. The van der Waals surface area contributed by atoms with Crippen LogP contribution in [0.15, 0.2) is 24.4 Å². The summed E-state index contributed by atoms with van der Waals surface area (Å²) in [7, 11) is 0. The van der Waals surface area contributed by atoms with Gasteiger partial charge in [0, 0.05) is 51.4 Å². The third-order valence-corrected chi connectivity index (χ3v) is 5.28. The second-order valence-electron chi connectivity index (χ2n) is 6.94. The number of fused-ring (bicyclic) bond motifs is 1. The lowest BCUT2D eigenvalue weighted by molar-refractivity contribution is -0.125. The highest BCUT2D eigenvalue weighted by Crippen LogP contribution is 2.22. The topological polar surface area (TPSA) is 75.0 Å². The van der Waals surface area contributed by atoms with E-state index >= 15 is 0 Å². The van der Waals surface area contributed by atoms with Crippen LogP contribution in [0, 0.1) is 5.92 Å². The summed E-state index contributed by atoms with van der Waals surface area (Å²) in [5.74, 6) is 1.14. The van der Waals surface area contributed by atoms with E-state index in [1.165, 1.54) is 0 Å². The predicted molar refractivity (Wildman–Crippen MR) is 98.2 cm³/mol. The van der Waals surface area contributed by atoms with Crippen molar-refractivity contribution < 1.29 is 9.53 Å². The molecule has 0 aromatic carbocycles. The molecule has 1 amide bonds. The molecule has 8 heteroatoms. The van der Waals surface area contributed by atoms with Crippen molar-refractivity contribution in [3.63, 3.8) is 0 Å². The molecule has 4 heterocycles. The molecule has 1 N–H and O–H groups in total. The van der Waals surface area contributed by atoms with E-state index in [-0.39, 0.29) is 11.8 Å². The number of ether oxygens (including phenoxy) is 1. The average Bonchev–Trinajstić information content (AvgIpc) is 3.13. The van der Waals surface area contributed by atoms with Gasteiger partial charge < -0.3 is 15.0 Å². The summed E-state index contributed by atoms with van der Waals surface area (Å²) in [6.45, 7) is 6.79. The maximum atomic E-state index is 12.4. The molecule has 0 saturated carbocycles. The van der Waals surface area contributed by atoms with Crippen molar-refractivity contribution in [2.24, 2.45) is 5.92 Å². The smallest absolute Gasteiger partial charge is 0.231 e. The van der Waals surface area contributed by atoms with Crippen LogP contribution in [-0.2, 0) is 9.53 Å². The van der Waals surface area contributed by atoms with E-state index in [0.717, 1.165) is 70.4 Å². The Kier molecular flexibility index (Phi) is 5.31. The highest BCUT2D eigenvalue weighted by Gasteiger charge is 2.27. The van der Waals surface area contributed by atoms with Crippen molar-refractivity contribution in [3.8, 4) is 0 Å². The van der Waals surface area contributed by atoms with E-state index in [4.69, 9.17) is 4.74 Å². The number of hydrogen-bond acceptors (Lipinski definition) is 6. The second-order valence-corrected chi connectivity index (χ2v) is 6.94. The van der Waals surface area contributed by atoms with E-state index in [1.807, 2.05) is 28.8 Å². The largest absolute Gasteiger partial charge is 0.379 e. The fourth-order valence-corrected chi connectivity index (χ4v) is 3.69. The minimum Gasteiger partial charge on any atom is -0.379 e. The predicted octanol–water partition coefficient (Wildman–Crippen LogP) is 0.394. The number of rotatable bonds is 5. The van der Waals surface area contributed by atoms with Crippen molar-refractivity contribution in [3.05, 3.63) is 24.4 Å². The molecule has 0 unspecified atom stereocenters. The summed E-state index contributed by atoms with van der Waals surface area (Å²) in [6.07, 6.45) is 3.69. The number of hydrogen-bond donors (Lipinski definition) is 1. The first-order valence-electron chi connectivity index (χ1n) is 9.44. The van der Waals surface area contributed by atoms with Crippen molar-refractivity contribution >= 4 is 17.5 Å². The average molecular weight is 358 g/mol. The van der Waals surface area contributed by atoms with E-state index in [2.05, 4.69) is 25.3 Å². The second kappa shape index (κ2) is 8.01. The Morgan fingerprint density at radius 1 is 1.15 bits per heavy atom. The van der Waals surface area contributed by atoms with Crippen LogP contribution in [0.1, 0.15) is 12.8 Å². The molecule has 2 aliphatic heterocycles. The highest BCUT2D eigenvalue weighted by atomic mass is 16.5. The molecule has 0 aliphatic carbocycles. The maximum absolute atomic E-state index is 12.4. The molecule has 140 valence electrons. The minimum absolute atomic E-state index is 0.0927. The van der Waals surface area contributed by atoms with Crippen LogP contribution in [-0.4, -0.2) is 77.9 Å². The van der Waals surface area contributed by atoms with Crippen LogP contribution < -0.4 is 10.2 Å². The Morgan fingerprint density at radius 3 is 2.77 bits per heavy atom. The molecule has 0 radical (unpaired) electrons. The zero-order valence-corrected chi connectivity index (χ0v) is 15.0. The SMILES string of the molecule is O=C(NCCN1CCOCC1)C1CCN(c2nnc3ccccn23)CC1. The number of nitrogens with zero attached hydrogens (tertiary/aromatic N) is 5. The third-order valence-electron chi connectivity index (χ3n) is 5.28. The quantitative estimate of drug-likeness (QED) is 0.834. The number of pyridine rings is 1. The van der Waals surface area contributed by atoms with Gasteiger partial charge in [-0.25, -0.2) is 0 Å². The normalized spacial score (nSPS) is 19.8. The summed E-state index contributed by atoms with van der Waals surface area (Å²) < 4.78 is 7.35. The molecular weight excluding hydrogens is 332 g/mol. The number of piperidine rings is 1. The van der Waals surface area contributed by atoms with E-state index in [9.17, 15) is 4.79 Å². The molecule has 0 spiro atoms. The highest BCUT2D eigenvalue weighted by molar-refractivity contribution is 5.78. The molecule has 2 aliphatic rings. The third kappa shape index (κ3) is 3.81. The molecule has 8 nitrogen and oxygen atoms in total. The van der Waals surface area contributed by atoms with Crippen molar-refractivity contribution in [1.82, 2.24) is 24.8 Å². The number of aromatic nitrogens is 3. The van der Waals surface area contributed by atoms with Gasteiger partial charge in [0.2, 0.25) is 11.9 Å². The van der Waals surface area contributed by atoms with Crippen molar-refractivity contribution in [1.29, 1.82) is 0 Å². The van der Waals surface area contributed by atoms with Gasteiger partial charge in [-0.2, -0.15) is 0 Å². The van der Waals surface area contributed by atoms with Crippen molar-refractivity contribution in [2.45, 2.75) is 12.8 Å². The number of nitrogens with one attached hydrogen (secondary N) is 1. The van der Waals surface area contributed by atoms with Gasteiger partial charge in [-0.15, -0.1) is 10.2 Å². The Balaban J connectivity index is 1.24. The first-order chi connectivity index (χ1) is 12.8. The summed E-state index contributed by atoms with van der Waals surface area (Å²) in [4.78, 5) is 17.0. The van der Waals surface area contributed by atoms with Gasteiger partial charge in [0.25, 0.3) is 0 Å². The van der Waals surface area contributed by atoms with Crippen LogP contribution in [0.5, 0.6) is 0 Å². The van der Waals surface area contributed by atoms with Crippen LogP contribution in [0.25, 0.3) is 5.65 Å². The van der Waals surface area contributed by atoms with Gasteiger partial charge in [0.05, 0.1) is 13.2 Å². The zero-order valence-electron chi connectivity index (χ0n) is 15.0. The molecular formula is C18H26N6O2.